The third-order valence-electron chi connectivity index (χ3n) is 11.2. The molecule has 2 N–H and O–H groups in total. The highest BCUT2D eigenvalue weighted by molar-refractivity contribution is 6.36. The fourth-order valence-corrected chi connectivity index (χ4v) is 9.52. The molecule has 6 atom stereocenters. The number of rotatable bonds is 6. The number of fused-ring (bicyclic) bond motifs is 4. The first kappa shape index (κ1) is 34.3. The maximum atomic E-state index is 15.4. The second-order valence-corrected chi connectivity index (χ2v) is 15.0. The molecule has 52 heavy (non-hydrogen) atoms. The molecule has 0 bridgehead atoms. The van der Waals surface area contributed by atoms with Crippen LogP contribution < -0.4 is 15.1 Å². The number of ether oxygens (including phenoxy) is 1. The van der Waals surface area contributed by atoms with Crippen LogP contribution in [0.4, 0.5) is 11.4 Å². The van der Waals surface area contributed by atoms with E-state index in [9.17, 15) is 19.5 Å². The van der Waals surface area contributed by atoms with E-state index >= 15 is 4.79 Å². The number of amides is 4. The van der Waals surface area contributed by atoms with Gasteiger partial charge < -0.3 is 9.84 Å². The van der Waals surface area contributed by atoms with E-state index in [4.69, 9.17) is 39.5 Å². The number of allylic oxidation sites excluding steroid dienone is 2. The Balaban J connectivity index is 1.34. The lowest BCUT2D eigenvalue weighted by molar-refractivity contribution is -0.138. The summed E-state index contributed by atoms with van der Waals surface area (Å²) in [6.45, 7) is 1.77. The van der Waals surface area contributed by atoms with Crippen LogP contribution in [0.5, 0.6) is 11.5 Å². The molecular formula is C40H32Cl3N3O6. The minimum Gasteiger partial charge on any atom is -0.507 e. The Hall–Kier alpha value is -4.83. The third-order valence-corrected chi connectivity index (χ3v) is 12.0. The van der Waals surface area contributed by atoms with E-state index in [1.165, 1.54) is 18.1 Å². The Kier molecular flexibility index (Phi) is 8.36. The van der Waals surface area contributed by atoms with Gasteiger partial charge in [-0.25, -0.2) is 0 Å². The fourth-order valence-electron chi connectivity index (χ4n) is 8.95. The van der Waals surface area contributed by atoms with E-state index in [0.717, 1.165) is 10.6 Å². The number of nitrogens with zero attached hydrogens (tertiary/aromatic N) is 2. The van der Waals surface area contributed by atoms with Crippen molar-refractivity contribution in [3.05, 3.63) is 128 Å². The summed E-state index contributed by atoms with van der Waals surface area (Å²) in [5.41, 5.74) is 4.37. The lowest BCUT2D eigenvalue weighted by Gasteiger charge is -2.50. The number of phenolic OH excluding ortho intramolecular Hbond substituents is 1. The molecule has 2 aliphatic carbocycles. The highest BCUT2D eigenvalue weighted by Gasteiger charge is 2.70. The van der Waals surface area contributed by atoms with Crippen LogP contribution in [0.2, 0.25) is 15.1 Å². The average molecular weight is 757 g/mol. The number of phenols is 1. The number of benzene rings is 4. The molecule has 8 rings (SSSR count). The smallest absolute Gasteiger partial charge is 0.260 e. The van der Waals surface area contributed by atoms with Gasteiger partial charge in [0.15, 0.2) is 0 Å². The summed E-state index contributed by atoms with van der Waals surface area (Å²) in [5, 5.41) is 13.8. The van der Waals surface area contributed by atoms with Gasteiger partial charge in [-0.05, 0) is 91.4 Å². The zero-order valence-corrected chi connectivity index (χ0v) is 30.2. The second kappa shape index (κ2) is 12.7. The summed E-state index contributed by atoms with van der Waals surface area (Å²) in [5.74, 6) is -5.27. The van der Waals surface area contributed by atoms with E-state index in [1.807, 2.05) is 6.08 Å². The van der Waals surface area contributed by atoms with Crippen molar-refractivity contribution >= 4 is 69.8 Å². The predicted molar refractivity (Wildman–Crippen MR) is 197 cm³/mol. The van der Waals surface area contributed by atoms with E-state index < -0.39 is 46.8 Å². The quantitative estimate of drug-likeness (QED) is 0.152. The van der Waals surface area contributed by atoms with Gasteiger partial charge in [-0.3, -0.25) is 29.5 Å². The van der Waals surface area contributed by atoms with Crippen LogP contribution in [0.3, 0.4) is 0 Å². The van der Waals surface area contributed by atoms with Crippen molar-refractivity contribution in [3.63, 3.8) is 0 Å². The number of hydrazine groups is 1. The molecule has 4 amide bonds. The molecule has 1 saturated carbocycles. The molecule has 3 fully saturated rings. The highest BCUT2D eigenvalue weighted by Crippen LogP contribution is 2.65. The highest BCUT2D eigenvalue weighted by atomic mass is 35.5. The minimum atomic E-state index is -1.59. The van der Waals surface area contributed by atoms with Crippen LogP contribution in [0.1, 0.15) is 35.4 Å². The number of halogens is 3. The van der Waals surface area contributed by atoms with Gasteiger partial charge in [0.2, 0.25) is 11.8 Å². The SMILES string of the molecule is COc1ccc([C@@]23C(=O)N(Nc4ccc(Cl)cc4Cl)C(=O)[C@@H]2C[C@@H]2C(=CC[C@@H]4C(=O)N(c5ccc(Cl)cc5)C(=O)[C@@H]42)[C@@H]3c2cccc(C)c2O)cc1. The van der Waals surface area contributed by atoms with Crippen molar-refractivity contribution in [1.82, 2.24) is 5.01 Å². The average Bonchev–Trinajstić information content (AvgIpc) is 3.52. The number of imide groups is 2. The lowest BCUT2D eigenvalue weighted by atomic mass is 9.49. The number of nitrogens with one attached hydrogen (secondary N) is 1. The number of carbonyl (C=O) groups is 4. The lowest BCUT2D eigenvalue weighted by Crippen LogP contribution is -2.53. The number of anilines is 2. The Labute approximate surface area is 314 Å². The number of aryl methyl sites for hydroxylation is 1. The molecule has 9 nitrogen and oxygen atoms in total. The van der Waals surface area contributed by atoms with Gasteiger partial charge in [-0.1, -0.05) is 76.8 Å². The van der Waals surface area contributed by atoms with Crippen molar-refractivity contribution in [2.75, 3.05) is 17.4 Å². The van der Waals surface area contributed by atoms with E-state index in [0.29, 0.717) is 38.2 Å². The predicted octanol–water partition coefficient (Wildman–Crippen LogP) is 7.86. The van der Waals surface area contributed by atoms with Crippen LogP contribution in [0, 0.1) is 30.6 Å². The molecule has 2 heterocycles. The number of methoxy groups -OCH3 is 1. The van der Waals surface area contributed by atoms with Crippen LogP contribution >= 0.6 is 34.8 Å². The number of para-hydroxylation sites is 1. The summed E-state index contributed by atoms with van der Waals surface area (Å²) in [6, 6.07) is 23.5. The van der Waals surface area contributed by atoms with E-state index in [2.05, 4.69) is 5.43 Å². The minimum absolute atomic E-state index is 0.0215. The fraction of sp³-hybridized carbons (Fsp3) is 0.250. The molecule has 4 aromatic rings. The summed E-state index contributed by atoms with van der Waals surface area (Å²) in [4.78, 5) is 59.9. The van der Waals surface area contributed by atoms with Crippen molar-refractivity contribution in [2.45, 2.75) is 31.1 Å². The first-order valence-electron chi connectivity index (χ1n) is 16.8. The van der Waals surface area contributed by atoms with Gasteiger partial charge in [0.05, 0.1) is 46.7 Å². The van der Waals surface area contributed by atoms with Crippen molar-refractivity contribution < 1.29 is 29.0 Å². The molecule has 2 aliphatic heterocycles. The van der Waals surface area contributed by atoms with Crippen LogP contribution in [-0.2, 0) is 24.6 Å². The number of hydrogen-bond donors (Lipinski definition) is 2. The van der Waals surface area contributed by atoms with Gasteiger partial charge >= 0.3 is 0 Å². The van der Waals surface area contributed by atoms with Gasteiger partial charge in [0.1, 0.15) is 11.5 Å². The molecule has 264 valence electrons. The van der Waals surface area contributed by atoms with Crippen LogP contribution in [-0.4, -0.2) is 40.9 Å². The molecule has 0 radical (unpaired) electrons. The molecule has 0 aromatic heterocycles. The molecule has 0 unspecified atom stereocenters. The Morgan fingerprint density at radius 2 is 1.56 bits per heavy atom. The third kappa shape index (κ3) is 4.97. The maximum absolute atomic E-state index is 15.4. The molecule has 4 aliphatic rings. The van der Waals surface area contributed by atoms with E-state index in [-0.39, 0.29) is 41.1 Å². The van der Waals surface area contributed by atoms with Gasteiger partial charge in [0, 0.05) is 21.5 Å². The number of carbonyl (C=O) groups excluding carboxylic acids is 4. The van der Waals surface area contributed by atoms with E-state index in [1.54, 1.807) is 85.8 Å². The molecule has 2 saturated heterocycles. The molecule has 4 aromatic carbocycles. The monoisotopic (exact) mass is 755 g/mol. The summed E-state index contributed by atoms with van der Waals surface area (Å²) in [7, 11) is 1.54. The standard InChI is InChI=1S/C40H32Cl3N3O6/c1-20-4-3-5-28(35(20)47)34-26-15-16-27-33(38(50)45(36(27)48)24-11-8-22(41)9-12-24)29(26)19-30-37(49)46(44-32-17-10-23(42)18-31(32)43)39(51)40(30,34)21-6-13-25(52-2)14-7-21/h3-15,17-18,27,29-30,33-34,44,47H,16,19H2,1-2H3/t27-,29+,30-,33-,34+,40+/m0/s1. The Morgan fingerprint density at radius 3 is 2.25 bits per heavy atom. The summed E-state index contributed by atoms with van der Waals surface area (Å²) < 4.78 is 5.46. The van der Waals surface area contributed by atoms with Crippen molar-refractivity contribution in [3.8, 4) is 11.5 Å². The first-order chi connectivity index (χ1) is 25.0. The Bertz CT molecular complexity index is 2210. The molecule has 0 spiro atoms. The van der Waals surface area contributed by atoms with Crippen LogP contribution in [0.25, 0.3) is 0 Å². The number of hydrogen-bond acceptors (Lipinski definition) is 7. The maximum Gasteiger partial charge on any atom is 0.260 e. The van der Waals surface area contributed by atoms with Crippen LogP contribution in [0.15, 0.2) is 96.6 Å². The van der Waals surface area contributed by atoms with Gasteiger partial charge in [0.25, 0.3) is 11.8 Å². The zero-order chi connectivity index (χ0) is 36.6. The summed E-state index contributed by atoms with van der Waals surface area (Å²) >= 11 is 18.8. The molecular weight excluding hydrogens is 725 g/mol. The van der Waals surface area contributed by atoms with Crippen molar-refractivity contribution in [2.24, 2.45) is 23.7 Å². The normalized spacial score (nSPS) is 26.6. The zero-order valence-electron chi connectivity index (χ0n) is 28.0. The second-order valence-electron chi connectivity index (χ2n) is 13.7. The molecule has 12 heteroatoms. The Morgan fingerprint density at radius 1 is 0.846 bits per heavy atom. The van der Waals surface area contributed by atoms with Gasteiger partial charge in [-0.2, -0.15) is 5.01 Å². The number of aromatic hydroxyl groups is 1. The van der Waals surface area contributed by atoms with Crippen molar-refractivity contribution in [1.29, 1.82) is 0 Å². The topological polar surface area (TPSA) is 116 Å². The first-order valence-corrected chi connectivity index (χ1v) is 18.0. The largest absolute Gasteiger partial charge is 0.507 e. The van der Waals surface area contributed by atoms with Gasteiger partial charge in [-0.15, -0.1) is 0 Å². The summed E-state index contributed by atoms with van der Waals surface area (Å²) in [6.07, 6.45) is 2.27.